The summed E-state index contributed by atoms with van der Waals surface area (Å²) < 4.78 is 10.8. The normalized spacial score (nSPS) is 13.9. The minimum Gasteiger partial charge on any atom is -0.481 e. The maximum atomic E-state index is 12.6. The maximum absolute atomic E-state index is 12.6. The van der Waals surface area contributed by atoms with Crippen LogP contribution in [0.15, 0.2) is 48.5 Å². The number of unbranched alkanes of at least 4 members (excludes halogenated alkanes) is 1. The number of fused-ring (bicyclic) bond motifs is 3. The average molecular weight is 483 g/mol. The van der Waals surface area contributed by atoms with E-state index in [-0.39, 0.29) is 37.8 Å². The van der Waals surface area contributed by atoms with Gasteiger partial charge in [-0.05, 0) is 28.7 Å². The highest BCUT2D eigenvalue weighted by Crippen LogP contribution is 2.44. The van der Waals surface area contributed by atoms with Crippen LogP contribution in [-0.4, -0.2) is 55.5 Å². The van der Waals surface area contributed by atoms with Crippen molar-refractivity contribution in [2.45, 2.75) is 57.1 Å². The molecule has 2 aromatic carbocycles. The van der Waals surface area contributed by atoms with Crippen LogP contribution in [0.3, 0.4) is 0 Å². The lowest BCUT2D eigenvalue weighted by Crippen LogP contribution is -2.44. The number of carboxylic acid groups (broad SMARTS) is 1. The maximum Gasteiger partial charge on any atom is 0.407 e. The third-order valence-corrected chi connectivity index (χ3v) is 6.27. The predicted molar refractivity (Wildman–Crippen MR) is 132 cm³/mol. The molecule has 0 radical (unpaired) electrons. The minimum absolute atomic E-state index is 0.0278. The number of hydrogen-bond donors (Lipinski definition) is 3. The Morgan fingerprint density at radius 1 is 1.00 bits per heavy atom. The van der Waals surface area contributed by atoms with E-state index < -0.39 is 24.2 Å². The summed E-state index contributed by atoms with van der Waals surface area (Å²) in [6.45, 7) is 2.40. The van der Waals surface area contributed by atoms with Crippen LogP contribution in [0, 0.1) is 0 Å². The first-order chi connectivity index (χ1) is 16.9. The van der Waals surface area contributed by atoms with E-state index in [4.69, 9.17) is 14.6 Å². The van der Waals surface area contributed by atoms with Crippen LogP contribution in [0.5, 0.6) is 0 Å². The Hall–Kier alpha value is -3.39. The lowest BCUT2D eigenvalue weighted by atomic mass is 9.98. The lowest BCUT2D eigenvalue weighted by molar-refractivity contribution is -0.138. The van der Waals surface area contributed by atoms with Gasteiger partial charge in [-0.15, -0.1) is 0 Å². The molecule has 35 heavy (non-hydrogen) atoms. The number of amides is 2. The summed E-state index contributed by atoms with van der Waals surface area (Å²) in [7, 11) is 1.41. The molecule has 1 aliphatic rings. The summed E-state index contributed by atoms with van der Waals surface area (Å²) in [5, 5.41) is 14.5. The largest absolute Gasteiger partial charge is 0.481 e. The zero-order valence-corrected chi connectivity index (χ0v) is 20.3. The lowest BCUT2D eigenvalue weighted by Gasteiger charge is -2.21. The van der Waals surface area contributed by atoms with Crippen molar-refractivity contribution < 1.29 is 29.0 Å². The van der Waals surface area contributed by atoms with Gasteiger partial charge in [0.25, 0.3) is 0 Å². The third-order valence-electron chi connectivity index (χ3n) is 6.27. The smallest absolute Gasteiger partial charge is 0.407 e. The number of carbonyl (C=O) groups excluding carboxylic acids is 2. The standard InChI is InChI=1S/C27H34N2O6/c1-3-4-9-18(16-25(30)31)29-26(32)24(34-2)14-15-28-27(33)35-17-23-21-12-7-5-10-19(21)20-11-6-8-13-22(20)23/h5-8,10-13,18,23-24H,3-4,9,14-17H2,1-2H3,(H,28,33)(H,29,32)(H,30,31). The van der Waals surface area contributed by atoms with Gasteiger partial charge >= 0.3 is 12.1 Å². The molecule has 0 heterocycles. The molecular formula is C27H34N2O6. The van der Waals surface area contributed by atoms with Crippen molar-refractivity contribution in [2.75, 3.05) is 20.3 Å². The summed E-state index contributed by atoms with van der Waals surface area (Å²) in [4.78, 5) is 36.0. The molecule has 8 nitrogen and oxygen atoms in total. The van der Waals surface area contributed by atoms with Crippen LogP contribution in [-0.2, 0) is 19.1 Å². The number of rotatable bonds is 13. The molecule has 0 fully saturated rings. The van der Waals surface area contributed by atoms with Crippen molar-refractivity contribution >= 4 is 18.0 Å². The SMILES string of the molecule is CCCCC(CC(=O)O)NC(=O)C(CCNC(=O)OCC1c2ccccc2-c2ccccc21)OC. The van der Waals surface area contributed by atoms with E-state index in [2.05, 4.69) is 34.9 Å². The van der Waals surface area contributed by atoms with Crippen LogP contribution < -0.4 is 10.6 Å². The molecule has 3 N–H and O–H groups in total. The van der Waals surface area contributed by atoms with Crippen molar-refractivity contribution in [2.24, 2.45) is 0 Å². The minimum atomic E-state index is -0.961. The molecule has 0 saturated carbocycles. The van der Waals surface area contributed by atoms with Crippen molar-refractivity contribution in [3.63, 3.8) is 0 Å². The highest BCUT2D eigenvalue weighted by molar-refractivity contribution is 5.82. The fourth-order valence-corrected chi connectivity index (χ4v) is 4.49. The van der Waals surface area contributed by atoms with Gasteiger partial charge in [-0.3, -0.25) is 9.59 Å². The van der Waals surface area contributed by atoms with Crippen molar-refractivity contribution in [3.8, 4) is 11.1 Å². The number of methoxy groups -OCH3 is 1. The van der Waals surface area contributed by atoms with Crippen molar-refractivity contribution in [3.05, 3.63) is 59.7 Å². The summed E-state index contributed by atoms with van der Waals surface area (Å²) in [5.41, 5.74) is 4.59. The zero-order valence-electron chi connectivity index (χ0n) is 20.3. The number of carbonyl (C=O) groups is 3. The Morgan fingerprint density at radius 3 is 2.20 bits per heavy atom. The molecule has 0 bridgehead atoms. The zero-order chi connectivity index (χ0) is 25.2. The number of aliphatic carboxylic acids is 1. The summed E-state index contributed by atoms with van der Waals surface area (Å²) in [5.74, 6) is -1.37. The van der Waals surface area contributed by atoms with Crippen molar-refractivity contribution in [1.29, 1.82) is 0 Å². The fraction of sp³-hybridized carbons (Fsp3) is 0.444. The van der Waals surface area contributed by atoms with Gasteiger partial charge in [0.05, 0.1) is 6.42 Å². The van der Waals surface area contributed by atoms with Gasteiger partial charge in [0.2, 0.25) is 5.91 Å². The number of hydrogen-bond acceptors (Lipinski definition) is 5. The fourth-order valence-electron chi connectivity index (χ4n) is 4.49. The highest BCUT2D eigenvalue weighted by Gasteiger charge is 2.29. The Kier molecular flexibility index (Phi) is 9.66. The van der Waals surface area contributed by atoms with E-state index in [1.54, 1.807) is 0 Å². The Balaban J connectivity index is 1.47. The molecule has 188 valence electrons. The Morgan fingerprint density at radius 2 is 1.63 bits per heavy atom. The molecular weight excluding hydrogens is 448 g/mol. The van der Waals surface area contributed by atoms with Crippen LogP contribution in [0.4, 0.5) is 4.79 Å². The molecule has 2 aromatic rings. The van der Waals surface area contributed by atoms with Gasteiger partial charge in [0.15, 0.2) is 0 Å². The molecule has 3 rings (SSSR count). The number of ether oxygens (including phenoxy) is 2. The first-order valence-electron chi connectivity index (χ1n) is 12.1. The van der Waals surface area contributed by atoms with E-state index in [0.717, 1.165) is 35.1 Å². The number of alkyl carbamates (subject to hydrolysis) is 1. The van der Waals surface area contributed by atoms with Crippen LogP contribution in [0.2, 0.25) is 0 Å². The second-order valence-electron chi connectivity index (χ2n) is 8.71. The monoisotopic (exact) mass is 482 g/mol. The molecule has 0 saturated heterocycles. The van der Waals surface area contributed by atoms with Crippen LogP contribution >= 0.6 is 0 Å². The molecule has 2 unspecified atom stereocenters. The van der Waals surface area contributed by atoms with Gasteiger partial charge < -0.3 is 25.2 Å². The van der Waals surface area contributed by atoms with E-state index in [1.807, 2.05) is 31.2 Å². The van der Waals surface area contributed by atoms with Gasteiger partial charge in [-0.1, -0.05) is 68.3 Å². The van der Waals surface area contributed by atoms with Crippen molar-refractivity contribution in [1.82, 2.24) is 10.6 Å². The average Bonchev–Trinajstić information content (AvgIpc) is 3.17. The van der Waals surface area contributed by atoms with Gasteiger partial charge in [0.1, 0.15) is 12.7 Å². The third kappa shape index (κ3) is 7.05. The second-order valence-corrected chi connectivity index (χ2v) is 8.71. The summed E-state index contributed by atoms with van der Waals surface area (Å²) in [6, 6.07) is 15.8. The second kappa shape index (κ2) is 12.9. The molecule has 1 aliphatic carbocycles. The first-order valence-corrected chi connectivity index (χ1v) is 12.1. The van der Waals surface area contributed by atoms with E-state index in [0.29, 0.717) is 6.42 Å². The van der Waals surface area contributed by atoms with Crippen LogP contribution in [0.25, 0.3) is 11.1 Å². The van der Waals surface area contributed by atoms with E-state index in [1.165, 1.54) is 7.11 Å². The Bertz CT molecular complexity index is 979. The van der Waals surface area contributed by atoms with E-state index >= 15 is 0 Å². The molecule has 0 aliphatic heterocycles. The number of nitrogens with one attached hydrogen (secondary N) is 2. The quantitative estimate of drug-likeness (QED) is 0.396. The molecule has 2 atom stereocenters. The number of carboxylic acids is 1. The van der Waals surface area contributed by atoms with Gasteiger partial charge in [0, 0.05) is 32.0 Å². The molecule has 0 aromatic heterocycles. The molecule has 2 amide bonds. The summed E-state index contributed by atoms with van der Waals surface area (Å²) in [6.07, 6.45) is 1.04. The Labute approximate surface area is 206 Å². The predicted octanol–water partition coefficient (Wildman–Crippen LogP) is 4.08. The highest BCUT2D eigenvalue weighted by atomic mass is 16.5. The topological polar surface area (TPSA) is 114 Å². The number of benzene rings is 2. The van der Waals surface area contributed by atoms with E-state index in [9.17, 15) is 14.4 Å². The molecule has 0 spiro atoms. The van der Waals surface area contributed by atoms with Crippen LogP contribution in [0.1, 0.15) is 56.1 Å². The van der Waals surface area contributed by atoms with Gasteiger partial charge in [-0.2, -0.15) is 0 Å². The molecule has 8 heteroatoms. The van der Waals surface area contributed by atoms with Gasteiger partial charge in [-0.25, -0.2) is 4.79 Å². The summed E-state index contributed by atoms with van der Waals surface area (Å²) >= 11 is 0. The first kappa shape index (κ1) is 26.2.